The number of anilines is 1. The van der Waals surface area contributed by atoms with Gasteiger partial charge >= 0.3 is 0 Å². The molecule has 0 aliphatic carbocycles. The van der Waals surface area contributed by atoms with E-state index in [0.29, 0.717) is 0 Å². The third-order valence-corrected chi connectivity index (χ3v) is 3.99. The van der Waals surface area contributed by atoms with E-state index in [1.54, 1.807) is 0 Å². The van der Waals surface area contributed by atoms with Gasteiger partial charge in [0.25, 0.3) is 0 Å². The van der Waals surface area contributed by atoms with Gasteiger partial charge in [0.05, 0.1) is 10.7 Å². The lowest BCUT2D eigenvalue weighted by atomic mass is 10.0. The van der Waals surface area contributed by atoms with Crippen LogP contribution < -0.4 is 10.6 Å². The van der Waals surface area contributed by atoms with Crippen LogP contribution in [-0.2, 0) is 0 Å². The molecular formula is C14H21ClN2. The van der Waals surface area contributed by atoms with Crippen molar-refractivity contribution < 1.29 is 0 Å². The summed E-state index contributed by atoms with van der Waals surface area (Å²) in [6.07, 6.45) is 2.46. The molecule has 0 aromatic heterocycles. The minimum atomic E-state index is 0.0353. The number of nitrogens with two attached hydrogens (primary N) is 1. The second kappa shape index (κ2) is 4.51. The Labute approximate surface area is 109 Å². The minimum Gasteiger partial charge on any atom is -0.365 e. The molecule has 94 valence electrons. The molecule has 1 fully saturated rings. The Balaban J connectivity index is 2.34. The van der Waals surface area contributed by atoms with E-state index in [1.165, 1.54) is 12.8 Å². The molecule has 0 spiro atoms. The number of hydrogen-bond donors (Lipinski definition) is 1. The van der Waals surface area contributed by atoms with Gasteiger partial charge < -0.3 is 10.6 Å². The van der Waals surface area contributed by atoms with Gasteiger partial charge in [-0.05, 0) is 51.3 Å². The minimum absolute atomic E-state index is 0.0353. The largest absolute Gasteiger partial charge is 0.365 e. The van der Waals surface area contributed by atoms with E-state index in [2.05, 4.69) is 30.9 Å². The quantitative estimate of drug-likeness (QED) is 0.869. The Morgan fingerprint density at radius 2 is 2.12 bits per heavy atom. The number of rotatable bonds is 2. The molecule has 1 aliphatic rings. The fraction of sp³-hybridized carbons (Fsp3) is 0.571. The molecule has 1 heterocycles. The maximum Gasteiger partial charge on any atom is 0.0643 e. The predicted octanol–water partition coefficient (Wildman–Crippen LogP) is 3.74. The fourth-order valence-electron chi connectivity index (χ4n) is 2.58. The molecule has 1 aliphatic heterocycles. The molecule has 3 heteroatoms. The Hall–Kier alpha value is -0.730. The summed E-state index contributed by atoms with van der Waals surface area (Å²) in [4.78, 5) is 2.40. The predicted molar refractivity (Wildman–Crippen MR) is 74.7 cm³/mol. The molecule has 2 nitrogen and oxygen atoms in total. The second-order valence-corrected chi connectivity index (χ2v) is 5.97. The van der Waals surface area contributed by atoms with Gasteiger partial charge in [0.2, 0.25) is 0 Å². The second-order valence-electron chi connectivity index (χ2n) is 5.57. The molecule has 0 bridgehead atoms. The first-order chi connectivity index (χ1) is 7.92. The van der Waals surface area contributed by atoms with Crippen LogP contribution >= 0.6 is 11.6 Å². The van der Waals surface area contributed by atoms with Crippen molar-refractivity contribution in [2.45, 2.75) is 45.2 Å². The van der Waals surface area contributed by atoms with Crippen molar-refractivity contribution in [3.8, 4) is 0 Å². The number of halogens is 1. The fourth-order valence-corrected chi connectivity index (χ4v) is 2.87. The van der Waals surface area contributed by atoms with Gasteiger partial charge in [-0.15, -0.1) is 0 Å². The average Bonchev–Trinajstić information content (AvgIpc) is 2.58. The van der Waals surface area contributed by atoms with Crippen LogP contribution in [0.2, 0.25) is 5.02 Å². The normalized spacial score (nSPS) is 20.6. The van der Waals surface area contributed by atoms with Crippen molar-refractivity contribution in [1.29, 1.82) is 0 Å². The van der Waals surface area contributed by atoms with E-state index in [9.17, 15) is 0 Å². The van der Waals surface area contributed by atoms with E-state index >= 15 is 0 Å². The smallest absolute Gasteiger partial charge is 0.0643 e. The lowest BCUT2D eigenvalue weighted by molar-refractivity contribution is 0.518. The Kier molecular flexibility index (Phi) is 3.37. The molecule has 0 radical (unpaired) electrons. The lowest BCUT2D eigenvalue weighted by Crippen LogP contribution is -2.38. The van der Waals surface area contributed by atoms with Crippen LogP contribution in [0.25, 0.3) is 0 Å². The van der Waals surface area contributed by atoms with Gasteiger partial charge in [-0.3, -0.25) is 0 Å². The first kappa shape index (κ1) is 12.7. The van der Waals surface area contributed by atoms with Crippen molar-refractivity contribution >= 4 is 17.3 Å². The zero-order valence-electron chi connectivity index (χ0n) is 10.8. The SMILES string of the molecule is C[C@H](N)c1ccc(N2CCCC2(C)C)c(Cl)c1. The summed E-state index contributed by atoms with van der Waals surface area (Å²) in [5, 5.41) is 0.815. The summed E-state index contributed by atoms with van der Waals surface area (Å²) in [5.74, 6) is 0. The number of nitrogens with zero attached hydrogens (tertiary/aromatic N) is 1. The van der Waals surface area contributed by atoms with Crippen molar-refractivity contribution in [3.05, 3.63) is 28.8 Å². The first-order valence-electron chi connectivity index (χ1n) is 6.24. The van der Waals surface area contributed by atoms with Crippen LogP contribution in [0.3, 0.4) is 0 Å². The monoisotopic (exact) mass is 252 g/mol. The van der Waals surface area contributed by atoms with Crippen molar-refractivity contribution in [1.82, 2.24) is 0 Å². The molecule has 2 N–H and O–H groups in total. The molecule has 1 saturated heterocycles. The van der Waals surface area contributed by atoms with E-state index in [1.807, 2.05) is 13.0 Å². The Morgan fingerprint density at radius 3 is 2.59 bits per heavy atom. The third-order valence-electron chi connectivity index (χ3n) is 3.69. The van der Waals surface area contributed by atoms with Crippen LogP contribution in [0.4, 0.5) is 5.69 Å². The van der Waals surface area contributed by atoms with Gasteiger partial charge in [-0.25, -0.2) is 0 Å². The van der Waals surface area contributed by atoms with Crippen LogP contribution in [0.5, 0.6) is 0 Å². The highest BCUT2D eigenvalue weighted by molar-refractivity contribution is 6.33. The highest BCUT2D eigenvalue weighted by Crippen LogP contribution is 2.38. The topological polar surface area (TPSA) is 29.3 Å². The summed E-state index contributed by atoms with van der Waals surface area (Å²) in [7, 11) is 0. The third kappa shape index (κ3) is 2.43. The van der Waals surface area contributed by atoms with Crippen molar-refractivity contribution in [3.63, 3.8) is 0 Å². The molecule has 0 unspecified atom stereocenters. The summed E-state index contributed by atoms with van der Waals surface area (Å²) >= 11 is 6.38. The van der Waals surface area contributed by atoms with E-state index in [0.717, 1.165) is 22.8 Å². The van der Waals surface area contributed by atoms with E-state index < -0.39 is 0 Å². The van der Waals surface area contributed by atoms with Crippen molar-refractivity contribution in [2.24, 2.45) is 5.73 Å². The van der Waals surface area contributed by atoms with Gasteiger partial charge in [-0.2, -0.15) is 0 Å². The molecule has 1 aromatic carbocycles. The van der Waals surface area contributed by atoms with Gasteiger partial charge in [0, 0.05) is 18.1 Å². The average molecular weight is 253 g/mol. The summed E-state index contributed by atoms with van der Waals surface area (Å²) in [6.45, 7) is 7.61. The first-order valence-corrected chi connectivity index (χ1v) is 6.62. The highest BCUT2D eigenvalue weighted by atomic mass is 35.5. The molecule has 1 atom stereocenters. The van der Waals surface area contributed by atoms with Gasteiger partial charge in [0.1, 0.15) is 0 Å². The molecule has 1 aromatic rings. The van der Waals surface area contributed by atoms with Gasteiger partial charge in [-0.1, -0.05) is 17.7 Å². The highest BCUT2D eigenvalue weighted by Gasteiger charge is 2.32. The van der Waals surface area contributed by atoms with Crippen LogP contribution in [-0.4, -0.2) is 12.1 Å². The van der Waals surface area contributed by atoms with Gasteiger partial charge in [0.15, 0.2) is 0 Å². The lowest BCUT2D eigenvalue weighted by Gasteiger charge is -2.34. The number of hydrogen-bond acceptors (Lipinski definition) is 2. The Bertz CT molecular complexity index is 413. The summed E-state index contributed by atoms with van der Waals surface area (Å²) < 4.78 is 0. The van der Waals surface area contributed by atoms with Crippen LogP contribution in [0, 0.1) is 0 Å². The zero-order chi connectivity index (χ0) is 12.6. The molecule has 0 amide bonds. The summed E-state index contributed by atoms with van der Waals surface area (Å²) in [6, 6.07) is 6.22. The zero-order valence-corrected chi connectivity index (χ0v) is 11.6. The maximum atomic E-state index is 6.38. The maximum absolute atomic E-state index is 6.38. The van der Waals surface area contributed by atoms with Crippen LogP contribution in [0.1, 0.15) is 45.2 Å². The van der Waals surface area contributed by atoms with E-state index in [-0.39, 0.29) is 11.6 Å². The molecule has 17 heavy (non-hydrogen) atoms. The number of benzene rings is 1. The summed E-state index contributed by atoms with van der Waals surface area (Å²) in [5.41, 5.74) is 8.31. The van der Waals surface area contributed by atoms with E-state index in [4.69, 9.17) is 17.3 Å². The standard InChI is InChI=1S/C14H21ClN2/c1-10(16)11-5-6-13(12(15)9-11)17-8-4-7-14(17,2)3/h5-6,9-10H,4,7-8,16H2,1-3H3/t10-/m0/s1. The van der Waals surface area contributed by atoms with Crippen LogP contribution in [0.15, 0.2) is 18.2 Å². The molecule has 0 saturated carbocycles. The molecule has 2 rings (SSSR count). The van der Waals surface area contributed by atoms with Crippen molar-refractivity contribution in [2.75, 3.05) is 11.4 Å². The Morgan fingerprint density at radius 1 is 1.41 bits per heavy atom. The molecular weight excluding hydrogens is 232 g/mol.